The molecule has 6 nitrogen and oxygen atoms in total. The molecule has 6 heteroatoms. The van der Waals surface area contributed by atoms with E-state index in [9.17, 15) is 4.79 Å². The summed E-state index contributed by atoms with van der Waals surface area (Å²) in [7, 11) is 4.83. The van der Waals surface area contributed by atoms with Crippen molar-refractivity contribution in [2.24, 2.45) is 4.99 Å². The first-order chi connectivity index (χ1) is 13.0. The van der Waals surface area contributed by atoms with Crippen LogP contribution in [0.25, 0.3) is 6.08 Å². The summed E-state index contributed by atoms with van der Waals surface area (Å²) in [4.78, 5) is 16.8. The predicted molar refractivity (Wildman–Crippen MR) is 105 cm³/mol. The Kier molecular flexibility index (Phi) is 5.45. The minimum absolute atomic E-state index is 0.236. The fraction of sp³-hybridized carbons (Fsp3) is 0.238. The average Bonchev–Trinajstić information content (AvgIpc) is 3.02. The third-order valence-corrected chi connectivity index (χ3v) is 4.32. The van der Waals surface area contributed by atoms with E-state index in [-0.39, 0.29) is 5.91 Å². The Morgan fingerprint density at radius 3 is 2.33 bits per heavy atom. The number of aryl methyl sites for hydroxylation is 1. The molecule has 1 amide bonds. The van der Waals surface area contributed by atoms with Gasteiger partial charge in [-0.25, -0.2) is 4.99 Å². The van der Waals surface area contributed by atoms with Crippen LogP contribution in [0.15, 0.2) is 47.1 Å². The van der Waals surface area contributed by atoms with Crippen molar-refractivity contribution in [2.45, 2.75) is 13.3 Å². The van der Waals surface area contributed by atoms with Gasteiger partial charge in [0.15, 0.2) is 0 Å². The summed E-state index contributed by atoms with van der Waals surface area (Å²) in [5.74, 6) is 2.54. The molecule has 1 aliphatic rings. The quantitative estimate of drug-likeness (QED) is 0.798. The van der Waals surface area contributed by atoms with Crippen LogP contribution in [-0.4, -0.2) is 33.1 Å². The molecule has 0 bridgehead atoms. The van der Waals surface area contributed by atoms with E-state index in [1.807, 2.05) is 43.3 Å². The maximum atomic E-state index is 12.3. The minimum atomic E-state index is -0.236. The molecule has 0 saturated heterocycles. The summed E-state index contributed by atoms with van der Waals surface area (Å²) >= 11 is 0. The van der Waals surface area contributed by atoms with E-state index in [2.05, 4.69) is 10.3 Å². The molecule has 1 aliphatic heterocycles. The highest BCUT2D eigenvalue weighted by Crippen LogP contribution is 2.30. The van der Waals surface area contributed by atoms with Crippen LogP contribution in [0.3, 0.4) is 0 Å². The SMILES string of the molecule is COc1ccc(CC2=N/C(=C/c3cc(OC)c(C)cc3OC)C(=O)N2)cc1. The number of ether oxygens (including phenoxy) is 3. The standard InChI is InChI=1S/C21H22N2O4/c1-13-9-19(27-4)15(12-18(13)26-3)11-17-21(24)23-20(22-17)10-14-5-7-16(25-2)8-6-14/h5-9,11-12H,10H2,1-4H3,(H,22,23,24)/b17-11+. The van der Waals surface area contributed by atoms with Crippen molar-refractivity contribution in [3.63, 3.8) is 0 Å². The van der Waals surface area contributed by atoms with Crippen LogP contribution < -0.4 is 19.5 Å². The molecule has 1 N–H and O–H groups in total. The monoisotopic (exact) mass is 366 g/mol. The number of amides is 1. The number of nitrogens with zero attached hydrogens (tertiary/aromatic N) is 1. The number of amidine groups is 1. The number of methoxy groups -OCH3 is 3. The summed E-state index contributed by atoms with van der Waals surface area (Å²) in [5.41, 5.74) is 3.06. The van der Waals surface area contributed by atoms with Crippen molar-refractivity contribution in [1.82, 2.24) is 5.32 Å². The van der Waals surface area contributed by atoms with E-state index in [4.69, 9.17) is 14.2 Å². The highest BCUT2D eigenvalue weighted by atomic mass is 16.5. The minimum Gasteiger partial charge on any atom is -0.497 e. The van der Waals surface area contributed by atoms with E-state index < -0.39 is 0 Å². The molecule has 2 aromatic carbocycles. The summed E-state index contributed by atoms with van der Waals surface area (Å²) in [6, 6.07) is 11.4. The lowest BCUT2D eigenvalue weighted by Gasteiger charge is -2.10. The lowest BCUT2D eigenvalue weighted by molar-refractivity contribution is -0.115. The maximum absolute atomic E-state index is 12.3. The molecule has 1 heterocycles. The number of hydrogen-bond donors (Lipinski definition) is 1. The summed E-state index contributed by atoms with van der Waals surface area (Å²) < 4.78 is 15.9. The van der Waals surface area contributed by atoms with E-state index in [1.165, 1.54) is 0 Å². The summed E-state index contributed by atoms with van der Waals surface area (Å²) in [5, 5.41) is 2.82. The second-order valence-corrected chi connectivity index (χ2v) is 6.13. The van der Waals surface area contributed by atoms with E-state index >= 15 is 0 Å². The molecular formula is C21H22N2O4. The first-order valence-electron chi connectivity index (χ1n) is 8.50. The number of hydrogen-bond acceptors (Lipinski definition) is 5. The first-order valence-corrected chi connectivity index (χ1v) is 8.50. The topological polar surface area (TPSA) is 69.1 Å². The molecule has 0 atom stereocenters. The fourth-order valence-corrected chi connectivity index (χ4v) is 2.87. The van der Waals surface area contributed by atoms with Gasteiger partial charge in [-0.05, 0) is 48.4 Å². The number of benzene rings is 2. The molecule has 0 aliphatic carbocycles. The second-order valence-electron chi connectivity index (χ2n) is 6.13. The van der Waals surface area contributed by atoms with Crippen LogP contribution in [0.5, 0.6) is 17.2 Å². The Hall–Kier alpha value is -3.28. The van der Waals surface area contributed by atoms with Crippen molar-refractivity contribution in [1.29, 1.82) is 0 Å². The van der Waals surface area contributed by atoms with Gasteiger partial charge in [-0.2, -0.15) is 0 Å². The van der Waals surface area contributed by atoms with Gasteiger partial charge in [0.25, 0.3) is 5.91 Å². The van der Waals surface area contributed by atoms with Gasteiger partial charge in [0, 0.05) is 12.0 Å². The highest BCUT2D eigenvalue weighted by Gasteiger charge is 2.21. The number of nitrogens with one attached hydrogen (secondary N) is 1. The summed E-state index contributed by atoms with van der Waals surface area (Å²) in [6.07, 6.45) is 2.23. The van der Waals surface area contributed by atoms with Gasteiger partial charge in [-0.3, -0.25) is 4.79 Å². The number of carbonyl (C=O) groups is 1. The van der Waals surface area contributed by atoms with Gasteiger partial charge in [-0.15, -0.1) is 0 Å². The van der Waals surface area contributed by atoms with Gasteiger partial charge >= 0.3 is 0 Å². The predicted octanol–water partition coefficient (Wildman–Crippen LogP) is 3.13. The largest absolute Gasteiger partial charge is 0.497 e. The number of carbonyl (C=O) groups excluding carboxylic acids is 1. The van der Waals surface area contributed by atoms with Crippen molar-refractivity contribution in [3.05, 3.63) is 58.8 Å². The highest BCUT2D eigenvalue weighted by molar-refractivity contribution is 6.14. The zero-order chi connectivity index (χ0) is 19.4. The van der Waals surface area contributed by atoms with Gasteiger partial charge < -0.3 is 19.5 Å². The molecule has 140 valence electrons. The zero-order valence-electron chi connectivity index (χ0n) is 15.8. The van der Waals surface area contributed by atoms with Crippen molar-refractivity contribution in [3.8, 4) is 17.2 Å². The van der Waals surface area contributed by atoms with Crippen molar-refractivity contribution in [2.75, 3.05) is 21.3 Å². The molecule has 0 saturated carbocycles. The Balaban J connectivity index is 1.87. The Bertz CT molecular complexity index is 915. The Morgan fingerprint density at radius 1 is 1.00 bits per heavy atom. The zero-order valence-corrected chi connectivity index (χ0v) is 15.8. The van der Waals surface area contributed by atoms with Gasteiger partial charge in [0.05, 0.1) is 21.3 Å². The van der Waals surface area contributed by atoms with E-state index in [0.29, 0.717) is 23.7 Å². The van der Waals surface area contributed by atoms with E-state index in [0.717, 1.165) is 28.2 Å². The normalized spacial score (nSPS) is 14.7. The smallest absolute Gasteiger partial charge is 0.275 e. The second kappa shape index (κ2) is 7.95. The first kappa shape index (κ1) is 18.5. The molecule has 0 aromatic heterocycles. The molecular weight excluding hydrogens is 344 g/mol. The van der Waals surface area contributed by atoms with Crippen LogP contribution in [0.1, 0.15) is 16.7 Å². The number of aliphatic imine (C=N–C) groups is 1. The molecule has 27 heavy (non-hydrogen) atoms. The molecule has 3 rings (SSSR count). The molecule has 0 spiro atoms. The van der Waals surface area contributed by atoms with Crippen molar-refractivity contribution < 1.29 is 19.0 Å². The van der Waals surface area contributed by atoms with Crippen molar-refractivity contribution >= 4 is 17.8 Å². The molecule has 0 fully saturated rings. The van der Waals surface area contributed by atoms with Crippen LogP contribution in [0.4, 0.5) is 0 Å². The lowest BCUT2D eigenvalue weighted by atomic mass is 10.1. The van der Waals surface area contributed by atoms with Crippen LogP contribution in [0, 0.1) is 6.92 Å². The molecule has 0 radical (unpaired) electrons. The van der Waals surface area contributed by atoms with Crippen LogP contribution in [-0.2, 0) is 11.2 Å². The van der Waals surface area contributed by atoms with Gasteiger partial charge in [0.1, 0.15) is 28.8 Å². The number of rotatable bonds is 6. The summed E-state index contributed by atoms with van der Waals surface area (Å²) in [6.45, 7) is 1.94. The van der Waals surface area contributed by atoms with Gasteiger partial charge in [-0.1, -0.05) is 12.1 Å². The molecule has 0 unspecified atom stereocenters. The Labute approximate surface area is 158 Å². The van der Waals surface area contributed by atoms with Crippen LogP contribution >= 0.6 is 0 Å². The van der Waals surface area contributed by atoms with Gasteiger partial charge in [0.2, 0.25) is 0 Å². The third kappa shape index (κ3) is 4.11. The third-order valence-electron chi connectivity index (χ3n) is 4.32. The van der Waals surface area contributed by atoms with Crippen LogP contribution in [0.2, 0.25) is 0 Å². The average molecular weight is 366 g/mol. The maximum Gasteiger partial charge on any atom is 0.275 e. The fourth-order valence-electron chi connectivity index (χ4n) is 2.87. The lowest BCUT2D eigenvalue weighted by Crippen LogP contribution is -2.25. The Morgan fingerprint density at radius 2 is 1.70 bits per heavy atom. The van der Waals surface area contributed by atoms with E-state index in [1.54, 1.807) is 27.4 Å². The molecule has 2 aromatic rings.